The summed E-state index contributed by atoms with van der Waals surface area (Å²) in [5, 5.41) is 25.8. The maximum absolute atomic E-state index is 15.2. The van der Waals surface area contributed by atoms with Crippen molar-refractivity contribution in [1.29, 1.82) is 0 Å². The number of carbonyl (C=O) groups excluding carboxylic acids is 1. The summed E-state index contributed by atoms with van der Waals surface area (Å²) in [6, 6.07) is 7.87. The lowest BCUT2D eigenvalue weighted by atomic mass is 10.0. The zero-order valence-corrected chi connectivity index (χ0v) is 21.2. The summed E-state index contributed by atoms with van der Waals surface area (Å²) < 4.78 is 43.8. The van der Waals surface area contributed by atoms with Gasteiger partial charge in [0.15, 0.2) is 5.82 Å². The van der Waals surface area contributed by atoms with Crippen molar-refractivity contribution < 1.29 is 32.6 Å². The predicted molar refractivity (Wildman–Crippen MR) is 130 cm³/mol. The molecular weight excluding hydrogens is 523 g/mol. The molecular formula is C23H25FN6O7S. The third kappa shape index (κ3) is 5.95. The third-order valence-corrected chi connectivity index (χ3v) is 7.39. The van der Waals surface area contributed by atoms with Gasteiger partial charge in [0.05, 0.1) is 10.9 Å². The van der Waals surface area contributed by atoms with Crippen LogP contribution >= 0.6 is 0 Å². The van der Waals surface area contributed by atoms with Crippen LogP contribution in [0.1, 0.15) is 34.8 Å². The lowest BCUT2D eigenvalue weighted by Crippen LogP contribution is -2.43. The van der Waals surface area contributed by atoms with E-state index in [0.29, 0.717) is 5.82 Å². The van der Waals surface area contributed by atoms with E-state index in [4.69, 9.17) is 0 Å². The minimum absolute atomic E-state index is 0.0133. The number of hydrogen-bond donors (Lipinski definition) is 3. The van der Waals surface area contributed by atoms with Crippen LogP contribution in [-0.2, 0) is 32.7 Å². The quantitative estimate of drug-likeness (QED) is 0.256. The van der Waals surface area contributed by atoms with E-state index in [9.17, 15) is 28.4 Å². The molecule has 1 aromatic heterocycles. The molecule has 4 rings (SSSR count). The molecule has 13 nitrogen and oxygen atoms in total. The fraction of sp³-hybridized carbons (Fsp3) is 0.348. The van der Waals surface area contributed by atoms with Crippen molar-refractivity contribution in [2.45, 2.75) is 50.3 Å². The summed E-state index contributed by atoms with van der Waals surface area (Å²) in [4.78, 5) is 31.1. The van der Waals surface area contributed by atoms with Crippen LogP contribution in [0.4, 0.5) is 4.39 Å². The molecule has 0 saturated carbocycles. The van der Waals surface area contributed by atoms with Gasteiger partial charge in [-0.2, -0.15) is 0 Å². The number of aryl methyl sites for hydroxylation is 2. The number of nitrogens with zero attached hydrogens (tertiary/aromatic N) is 4. The topological polar surface area (TPSA) is 179 Å². The fourth-order valence-electron chi connectivity index (χ4n) is 4.12. The van der Waals surface area contributed by atoms with Crippen molar-refractivity contribution >= 4 is 15.9 Å². The Bertz CT molecular complexity index is 1490. The van der Waals surface area contributed by atoms with E-state index in [1.54, 1.807) is 0 Å². The van der Waals surface area contributed by atoms with Gasteiger partial charge in [0.25, 0.3) is 21.0 Å². The SMILES string of the molecule is Cc1ccc(C)c(Cc2nc(CO)nn2-c2ccc(S(=O)(=O)NC(=O)[C@H]3CC(O[N+](=O)[O-])CN3)cc2F)c1. The second kappa shape index (κ2) is 10.8. The molecule has 202 valence electrons. The van der Waals surface area contributed by atoms with Crippen LogP contribution in [0.2, 0.25) is 0 Å². The highest BCUT2D eigenvalue weighted by atomic mass is 32.2. The molecule has 38 heavy (non-hydrogen) atoms. The van der Waals surface area contributed by atoms with Gasteiger partial charge in [-0.3, -0.25) is 4.79 Å². The number of carbonyl (C=O) groups is 1. The highest BCUT2D eigenvalue weighted by molar-refractivity contribution is 7.90. The van der Waals surface area contributed by atoms with Crippen LogP contribution in [0.15, 0.2) is 41.3 Å². The average molecular weight is 549 g/mol. The summed E-state index contributed by atoms with van der Waals surface area (Å²) in [7, 11) is -4.47. The van der Waals surface area contributed by atoms with E-state index in [2.05, 4.69) is 20.2 Å². The van der Waals surface area contributed by atoms with Crippen LogP contribution in [0.5, 0.6) is 0 Å². The zero-order valence-electron chi connectivity index (χ0n) is 20.4. The van der Waals surface area contributed by atoms with Crippen molar-refractivity contribution in [2.24, 2.45) is 0 Å². The first kappa shape index (κ1) is 27.1. The van der Waals surface area contributed by atoms with Gasteiger partial charge >= 0.3 is 0 Å². The molecule has 1 amide bonds. The van der Waals surface area contributed by atoms with Gasteiger partial charge in [-0.05, 0) is 49.6 Å². The number of hydrogen-bond acceptors (Lipinski definition) is 10. The molecule has 2 heterocycles. The minimum atomic E-state index is -4.47. The Hall–Kier alpha value is -3.95. The van der Waals surface area contributed by atoms with Crippen molar-refractivity contribution in [3.8, 4) is 5.69 Å². The van der Waals surface area contributed by atoms with Gasteiger partial charge in [-0.1, -0.05) is 23.8 Å². The largest absolute Gasteiger partial charge is 0.388 e. The molecule has 1 unspecified atom stereocenters. The molecule has 1 fully saturated rings. The third-order valence-electron chi connectivity index (χ3n) is 6.05. The second-order valence-corrected chi connectivity index (χ2v) is 10.5. The Kier molecular flexibility index (Phi) is 7.71. The number of nitrogens with one attached hydrogen (secondary N) is 2. The smallest absolute Gasteiger partial charge is 0.294 e. The van der Waals surface area contributed by atoms with Gasteiger partial charge in [-0.25, -0.2) is 27.2 Å². The van der Waals surface area contributed by atoms with Crippen LogP contribution in [0.25, 0.3) is 5.69 Å². The number of rotatable bonds is 9. The molecule has 0 bridgehead atoms. The Labute approximate surface area is 216 Å². The molecule has 1 aliphatic rings. The number of aliphatic hydroxyl groups excluding tert-OH is 1. The minimum Gasteiger partial charge on any atom is -0.388 e. The number of benzene rings is 2. The summed E-state index contributed by atoms with van der Waals surface area (Å²) >= 11 is 0. The monoisotopic (exact) mass is 548 g/mol. The molecule has 1 aliphatic heterocycles. The van der Waals surface area contributed by atoms with Crippen molar-refractivity contribution in [3.05, 3.63) is 80.7 Å². The lowest BCUT2D eigenvalue weighted by Gasteiger charge is -2.13. The molecule has 1 saturated heterocycles. The standard InChI is InChI=1S/C23H25FN6O7S/c1-13-3-4-14(2)15(7-13)8-22-26-21(12-31)27-29(22)20-6-5-17(10-18(20)24)38(35,36)28-23(32)19-9-16(11-25-19)37-30(33)34/h3-7,10,16,19,25,31H,8-9,11-12H2,1-2H3,(H,28,32)/t16?,19-/m1/s1. The normalized spacial score (nSPS) is 17.4. The van der Waals surface area contributed by atoms with Gasteiger partial charge in [-0.15, -0.1) is 15.2 Å². The number of aliphatic hydroxyl groups is 1. The van der Waals surface area contributed by atoms with E-state index in [-0.39, 0.29) is 30.9 Å². The van der Waals surface area contributed by atoms with E-state index in [1.807, 2.05) is 36.8 Å². The van der Waals surface area contributed by atoms with Crippen molar-refractivity contribution in [3.63, 3.8) is 0 Å². The second-order valence-electron chi connectivity index (χ2n) is 8.85. The van der Waals surface area contributed by atoms with E-state index in [1.165, 1.54) is 10.7 Å². The molecule has 2 aromatic carbocycles. The number of halogens is 1. The summed E-state index contributed by atoms with van der Waals surface area (Å²) in [5.41, 5.74) is 2.84. The maximum atomic E-state index is 15.2. The van der Waals surface area contributed by atoms with Crippen LogP contribution < -0.4 is 10.0 Å². The Balaban J connectivity index is 1.56. The van der Waals surface area contributed by atoms with Crippen LogP contribution in [-0.4, -0.2) is 58.0 Å². The fourth-order valence-corrected chi connectivity index (χ4v) is 5.15. The summed E-state index contributed by atoms with van der Waals surface area (Å²) in [6.07, 6.45) is -0.728. The predicted octanol–water partition coefficient (Wildman–Crippen LogP) is 0.850. The van der Waals surface area contributed by atoms with E-state index >= 15 is 4.39 Å². The first-order chi connectivity index (χ1) is 18.0. The van der Waals surface area contributed by atoms with Gasteiger partial charge in [0.2, 0.25) is 0 Å². The zero-order chi connectivity index (χ0) is 27.6. The number of amides is 1. The average Bonchev–Trinajstić information content (AvgIpc) is 3.48. The summed E-state index contributed by atoms with van der Waals surface area (Å²) in [6.45, 7) is 3.37. The molecule has 2 atom stereocenters. The number of sulfonamides is 1. The molecule has 3 N–H and O–H groups in total. The highest BCUT2D eigenvalue weighted by Crippen LogP contribution is 2.22. The van der Waals surface area contributed by atoms with Crippen LogP contribution in [0, 0.1) is 29.8 Å². The van der Waals surface area contributed by atoms with Gasteiger partial charge in [0.1, 0.15) is 30.0 Å². The lowest BCUT2D eigenvalue weighted by molar-refractivity contribution is -0.767. The molecule has 0 spiro atoms. The first-order valence-corrected chi connectivity index (χ1v) is 13.0. The van der Waals surface area contributed by atoms with Gasteiger partial charge in [0, 0.05) is 13.0 Å². The highest BCUT2D eigenvalue weighted by Gasteiger charge is 2.34. The Morgan fingerprint density at radius 3 is 2.76 bits per heavy atom. The molecule has 0 radical (unpaired) electrons. The van der Waals surface area contributed by atoms with E-state index in [0.717, 1.165) is 28.8 Å². The molecule has 15 heteroatoms. The number of aromatic nitrogens is 3. The van der Waals surface area contributed by atoms with E-state index < -0.39 is 50.5 Å². The van der Waals surface area contributed by atoms with Crippen LogP contribution in [0.3, 0.4) is 0 Å². The molecule has 0 aliphatic carbocycles. The Morgan fingerprint density at radius 2 is 2.08 bits per heavy atom. The van der Waals surface area contributed by atoms with Crippen molar-refractivity contribution in [2.75, 3.05) is 6.54 Å². The first-order valence-electron chi connectivity index (χ1n) is 11.5. The van der Waals surface area contributed by atoms with Crippen molar-refractivity contribution in [1.82, 2.24) is 24.8 Å². The van der Waals surface area contributed by atoms with Gasteiger partial charge < -0.3 is 15.3 Å². The summed E-state index contributed by atoms with van der Waals surface area (Å²) in [5.74, 6) is -1.50. The maximum Gasteiger partial charge on any atom is 0.294 e. The molecule has 3 aromatic rings. The Morgan fingerprint density at radius 1 is 1.32 bits per heavy atom.